The molecular formula is C12H18FNO. The molecule has 2 atom stereocenters. The Kier molecular flexibility index (Phi) is 4.72. The second kappa shape index (κ2) is 5.83. The molecule has 0 amide bonds. The van der Waals surface area contributed by atoms with Gasteiger partial charge in [-0.1, -0.05) is 24.3 Å². The van der Waals surface area contributed by atoms with Crippen LogP contribution in [0.3, 0.4) is 0 Å². The quantitative estimate of drug-likeness (QED) is 0.779. The highest BCUT2D eigenvalue weighted by Crippen LogP contribution is 2.15. The van der Waals surface area contributed by atoms with Gasteiger partial charge in [0.1, 0.15) is 6.17 Å². The molecule has 2 nitrogen and oxygen atoms in total. The molecule has 0 saturated heterocycles. The summed E-state index contributed by atoms with van der Waals surface area (Å²) >= 11 is 0. The van der Waals surface area contributed by atoms with E-state index in [1.54, 1.807) is 7.05 Å². The van der Waals surface area contributed by atoms with Gasteiger partial charge in [-0.2, -0.15) is 0 Å². The van der Waals surface area contributed by atoms with E-state index in [0.29, 0.717) is 13.0 Å². The average Bonchev–Trinajstić information content (AvgIpc) is 2.17. The summed E-state index contributed by atoms with van der Waals surface area (Å²) in [7, 11) is 1.79. The maximum Gasteiger partial charge on any atom is 0.101 e. The number of likely N-dealkylation sites (N-methyl/N-ethyl adjacent to an activating group) is 1. The zero-order valence-corrected chi connectivity index (χ0v) is 9.20. The van der Waals surface area contributed by atoms with Gasteiger partial charge in [0.15, 0.2) is 0 Å². The fraction of sp³-hybridized carbons (Fsp3) is 0.500. The summed E-state index contributed by atoms with van der Waals surface area (Å²) < 4.78 is 12.8. The number of halogens is 1. The minimum Gasteiger partial charge on any atom is -0.387 e. The number of hydrogen-bond donors (Lipinski definition) is 2. The number of aliphatic hydroxyl groups excluding tert-OH is 1. The molecule has 15 heavy (non-hydrogen) atoms. The minimum absolute atomic E-state index is 0.403. The fourth-order valence-corrected chi connectivity index (χ4v) is 1.56. The molecule has 84 valence electrons. The predicted octanol–water partition coefficient (Wildman–Crippen LogP) is 1.84. The van der Waals surface area contributed by atoms with Crippen molar-refractivity contribution >= 4 is 0 Å². The Morgan fingerprint density at radius 2 is 2.20 bits per heavy atom. The first-order chi connectivity index (χ1) is 7.13. The summed E-state index contributed by atoms with van der Waals surface area (Å²) in [5.41, 5.74) is 1.76. The Balaban J connectivity index is 2.73. The van der Waals surface area contributed by atoms with Gasteiger partial charge in [0, 0.05) is 13.0 Å². The summed E-state index contributed by atoms with van der Waals surface area (Å²) in [6, 6.07) is 7.45. The van der Waals surface area contributed by atoms with Gasteiger partial charge in [0.05, 0.1) is 6.10 Å². The number of benzene rings is 1. The molecule has 0 aromatic heterocycles. The zero-order valence-electron chi connectivity index (χ0n) is 9.20. The van der Waals surface area contributed by atoms with Gasteiger partial charge in [-0.25, -0.2) is 4.39 Å². The van der Waals surface area contributed by atoms with Crippen molar-refractivity contribution in [2.45, 2.75) is 25.6 Å². The first-order valence-electron chi connectivity index (χ1n) is 5.19. The lowest BCUT2D eigenvalue weighted by molar-refractivity contribution is 0.177. The van der Waals surface area contributed by atoms with Crippen LogP contribution >= 0.6 is 0 Å². The topological polar surface area (TPSA) is 32.3 Å². The van der Waals surface area contributed by atoms with Crippen molar-refractivity contribution in [2.24, 2.45) is 0 Å². The van der Waals surface area contributed by atoms with Crippen molar-refractivity contribution in [2.75, 3.05) is 13.6 Å². The molecule has 1 aromatic rings. The second-order valence-corrected chi connectivity index (χ2v) is 3.80. The molecule has 0 aliphatic rings. The Bertz CT molecular complexity index is 301. The van der Waals surface area contributed by atoms with Crippen LogP contribution in [-0.2, 0) is 6.42 Å². The van der Waals surface area contributed by atoms with Crippen LogP contribution in [-0.4, -0.2) is 24.9 Å². The summed E-state index contributed by atoms with van der Waals surface area (Å²) in [6.07, 6.45) is -0.966. The lowest BCUT2D eigenvalue weighted by Gasteiger charge is -2.12. The molecule has 0 heterocycles. The van der Waals surface area contributed by atoms with E-state index in [1.807, 2.05) is 24.3 Å². The molecule has 0 spiro atoms. The van der Waals surface area contributed by atoms with Crippen molar-refractivity contribution < 1.29 is 9.50 Å². The minimum atomic E-state index is -0.846. The molecule has 0 bridgehead atoms. The highest BCUT2D eigenvalue weighted by molar-refractivity contribution is 5.25. The monoisotopic (exact) mass is 211 g/mol. The molecule has 0 radical (unpaired) electrons. The second-order valence-electron chi connectivity index (χ2n) is 3.80. The van der Waals surface area contributed by atoms with Gasteiger partial charge in [0.25, 0.3) is 0 Å². The van der Waals surface area contributed by atoms with Crippen molar-refractivity contribution in [3.63, 3.8) is 0 Å². The molecule has 1 rings (SSSR count). The molecule has 0 fully saturated rings. The summed E-state index contributed by atoms with van der Waals surface area (Å²) in [4.78, 5) is 0. The van der Waals surface area contributed by atoms with Crippen molar-refractivity contribution in [3.8, 4) is 0 Å². The molecule has 3 heteroatoms. The first-order valence-corrected chi connectivity index (χ1v) is 5.19. The molecule has 2 N–H and O–H groups in total. The maximum absolute atomic E-state index is 12.8. The lowest BCUT2D eigenvalue weighted by Crippen LogP contribution is -2.16. The summed E-state index contributed by atoms with van der Waals surface area (Å²) in [5.74, 6) is 0. The van der Waals surface area contributed by atoms with Gasteiger partial charge in [0.2, 0.25) is 0 Å². The number of hydrogen-bond acceptors (Lipinski definition) is 2. The van der Waals surface area contributed by atoms with Crippen LogP contribution in [0.2, 0.25) is 0 Å². The summed E-state index contributed by atoms with van der Waals surface area (Å²) in [6.45, 7) is 2.05. The van der Waals surface area contributed by atoms with Crippen molar-refractivity contribution in [1.82, 2.24) is 5.32 Å². The Hall–Kier alpha value is -0.930. The average molecular weight is 211 g/mol. The van der Waals surface area contributed by atoms with Crippen LogP contribution in [0.1, 0.15) is 24.2 Å². The Morgan fingerprint density at radius 1 is 1.47 bits per heavy atom. The number of aliphatic hydroxyl groups is 1. The third-order valence-corrected chi connectivity index (χ3v) is 2.25. The van der Waals surface area contributed by atoms with Crippen LogP contribution in [0.5, 0.6) is 0 Å². The maximum atomic E-state index is 12.8. The molecule has 2 unspecified atom stereocenters. The third-order valence-electron chi connectivity index (χ3n) is 2.25. The Morgan fingerprint density at radius 3 is 2.80 bits per heavy atom. The van der Waals surface area contributed by atoms with Gasteiger partial charge >= 0.3 is 0 Å². The van der Waals surface area contributed by atoms with Gasteiger partial charge < -0.3 is 10.4 Å². The molecule has 1 aromatic carbocycles. The van der Waals surface area contributed by atoms with Crippen LogP contribution < -0.4 is 5.32 Å². The van der Waals surface area contributed by atoms with E-state index in [4.69, 9.17) is 0 Å². The van der Waals surface area contributed by atoms with Crippen LogP contribution in [0.15, 0.2) is 24.3 Å². The van der Waals surface area contributed by atoms with Crippen molar-refractivity contribution in [1.29, 1.82) is 0 Å². The third kappa shape index (κ3) is 3.98. The van der Waals surface area contributed by atoms with Crippen LogP contribution in [0.25, 0.3) is 0 Å². The van der Waals surface area contributed by atoms with E-state index in [-0.39, 0.29) is 0 Å². The van der Waals surface area contributed by atoms with Crippen LogP contribution in [0, 0.1) is 0 Å². The number of nitrogens with one attached hydrogen (secondary N) is 1. The van der Waals surface area contributed by atoms with E-state index in [0.717, 1.165) is 11.1 Å². The normalized spacial score (nSPS) is 14.9. The smallest absolute Gasteiger partial charge is 0.101 e. The van der Waals surface area contributed by atoms with Gasteiger partial charge in [-0.15, -0.1) is 0 Å². The standard InChI is InChI=1S/C12H18FNO/c1-9(13)6-10-4-3-5-11(7-10)12(15)8-14-2/h3-5,7,9,12,14-15H,6,8H2,1-2H3. The molecule has 0 aliphatic carbocycles. The molecule has 0 saturated carbocycles. The largest absolute Gasteiger partial charge is 0.387 e. The van der Waals surface area contributed by atoms with Gasteiger partial charge in [-0.05, 0) is 25.1 Å². The number of alkyl halides is 1. The van der Waals surface area contributed by atoms with Crippen LogP contribution in [0.4, 0.5) is 4.39 Å². The van der Waals surface area contributed by atoms with Gasteiger partial charge in [-0.3, -0.25) is 0 Å². The lowest BCUT2D eigenvalue weighted by atomic mass is 10.0. The molecule has 0 aliphatic heterocycles. The van der Waals surface area contributed by atoms with E-state index in [2.05, 4.69) is 5.32 Å². The highest BCUT2D eigenvalue weighted by Gasteiger charge is 2.07. The summed E-state index contributed by atoms with van der Waals surface area (Å²) in [5, 5.41) is 12.6. The van der Waals surface area contributed by atoms with E-state index in [1.165, 1.54) is 6.92 Å². The van der Waals surface area contributed by atoms with E-state index in [9.17, 15) is 9.50 Å². The zero-order chi connectivity index (χ0) is 11.3. The first kappa shape index (κ1) is 12.1. The highest BCUT2D eigenvalue weighted by atomic mass is 19.1. The van der Waals surface area contributed by atoms with E-state index >= 15 is 0 Å². The predicted molar refractivity (Wildman–Crippen MR) is 59.6 cm³/mol. The molecular weight excluding hydrogens is 193 g/mol. The Labute approximate surface area is 90.1 Å². The van der Waals surface area contributed by atoms with E-state index < -0.39 is 12.3 Å². The number of rotatable bonds is 5. The fourth-order valence-electron chi connectivity index (χ4n) is 1.56. The SMILES string of the molecule is CNCC(O)c1cccc(CC(C)F)c1. The van der Waals surface area contributed by atoms with Crippen molar-refractivity contribution in [3.05, 3.63) is 35.4 Å².